The van der Waals surface area contributed by atoms with Gasteiger partial charge < -0.3 is 5.32 Å². The van der Waals surface area contributed by atoms with Gasteiger partial charge in [-0.05, 0) is 53.6 Å². The van der Waals surface area contributed by atoms with Crippen molar-refractivity contribution >= 4 is 11.6 Å². The third-order valence-electron chi connectivity index (χ3n) is 3.95. The van der Waals surface area contributed by atoms with Crippen molar-refractivity contribution in [2.24, 2.45) is 0 Å². The second kappa shape index (κ2) is 6.04. The van der Waals surface area contributed by atoms with Crippen LogP contribution in [-0.2, 0) is 0 Å². The van der Waals surface area contributed by atoms with Crippen molar-refractivity contribution in [1.29, 1.82) is 0 Å². The monoisotopic (exact) mass is 341 g/mol. The number of tetrazole rings is 1. The number of carbonyl (C=O) groups is 1. The van der Waals surface area contributed by atoms with Crippen LogP contribution in [0.15, 0.2) is 42.5 Å². The van der Waals surface area contributed by atoms with Gasteiger partial charge >= 0.3 is 0 Å². The van der Waals surface area contributed by atoms with Crippen molar-refractivity contribution in [3.63, 3.8) is 0 Å². The number of benzene rings is 2. The highest BCUT2D eigenvalue weighted by Crippen LogP contribution is 2.36. The molecule has 6 nitrogen and oxygen atoms in total. The Morgan fingerprint density at radius 1 is 1.12 bits per heavy atom. The average Bonchev–Trinajstić information content (AvgIpc) is 3.34. The van der Waals surface area contributed by atoms with Crippen molar-refractivity contribution in [1.82, 2.24) is 20.2 Å². The number of hydrogen-bond donors (Lipinski definition) is 1. The molecule has 4 rings (SSSR count). The Kier molecular flexibility index (Phi) is 3.72. The molecular weight excluding hydrogens is 328 g/mol. The Balaban J connectivity index is 1.58. The van der Waals surface area contributed by atoms with Gasteiger partial charge in [0.15, 0.2) is 17.5 Å². The summed E-state index contributed by atoms with van der Waals surface area (Å²) in [5.41, 5.74) is 1.31. The minimum Gasteiger partial charge on any atom is -0.322 e. The lowest BCUT2D eigenvalue weighted by atomic mass is 10.1. The van der Waals surface area contributed by atoms with Gasteiger partial charge in [0, 0.05) is 16.8 Å². The summed E-state index contributed by atoms with van der Waals surface area (Å²) in [4.78, 5) is 12.2. The second-order valence-corrected chi connectivity index (χ2v) is 5.84. The van der Waals surface area contributed by atoms with Gasteiger partial charge in [-0.3, -0.25) is 4.79 Å². The lowest BCUT2D eigenvalue weighted by Gasteiger charge is -2.08. The van der Waals surface area contributed by atoms with Crippen molar-refractivity contribution in [2.45, 2.75) is 18.9 Å². The molecule has 0 radical (unpaired) electrons. The van der Waals surface area contributed by atoms with E-state index in [0.717, 1.165) is 30.5 Å². The van der Waals surface area contributed by atoms with Gasteiger partial charge in [-0.1, -0.05) is 12.1 Å². The number of halogens is 2. The van der Waals surface area contributed by atoms with Crippen LogP contribution in [0.5, 0.6) is 0 Å². The largest absolute Gasteiger partial charge is 0.322 e. The lowest BCUT2D eigenvalue weighted by Crippen LogP contribution is -2.12. The van der Waals surface area contributed by atoms with Crippen LogP contribution in [0.1, 0.15) is 29.2 Å². The molecule has 8 heteroatoms. The summed E-state index contributed by atoms with van der Waals surface area (Å²) < 4.78 is 28.0. The van der Waals surface area contributed by atoms with Gasteiger partial charge in [0.2, 0.25) is 0 Å². The molecule has 25 heavy (non-hydrogen) atoms. The van der Waals surface area contributed by atoms with Crippen molar-refractivity contribution in [3.05, 3.63) is 59.7 Å². The Morgan fingerprint density at radius 2 is 1.96 bits per heavy atom. The fraction of sp³-hybridized carbons (Fsp3) is 0.176. The summed E-state index contributed by atoms with van der Waals surface area (Å²) in [6.45, 7) is 0. The first-order chi connectivity index (χ1) is 12.1. The Morgan fingerprint density at radius 3 is 2.72 bits per heavy atom. The molecular formula is C17H13F2N5O. The van der Waals surface area contributed by atoms with Crippen LogP contribution in [0, 0.1) is 11.6 Å². The van der Waals surface area contributed by atoms with Crippen LogP contribution in [0.3, 0.4) is 0 Å². The van der Waals surface area contributed by atoms with Crippen LogP contribution < -0.4 is 5.32 Å². The molecule has 1 aromatic heterocycles. The second-order valence-electron chi connectivity index (χ2n) is 5.84. The zero-order chi connectivity index (χ0) is 17.4. The SMILES string of the molecule is O=C(Nc1cccc(-c2nnnn2C2CC2)c1)c1ccc(F)c(F)c1. The van der Waals surface area contributed by atoms with Crippen LogP contribution in [0.25, 0.3) is 11.4 Å². The predicted octanol–water partition coefficient (Wildman–Crippen LogP) is 3.21. The van der Waals surface area contributed by atoms with Gasteiger partial charge in [0.1, 0.15) is 0 Å². The topological polar surface area (TPSA) is 72.7 Å². The van der Waals surface area contributed by atoms with E-state index in [-0.39, 0.29) is 5.56 Å². The van der Waals surface area contributed by atoms with E-state index in [1.165, 1.54) is 6.07 Å². The zero-order valence-electron chi connectivity index (χ0n) is 13.0. The molecule has 1 aliphatic rings. The number of nitrogens with one attached hydrogen (secondary N) is 1. The average molecular weight is 341 g/mol. The molecule has 1 N–H and O–H groups in total. The maximum absolute atomic E-state index is 13.3. The summed E-state index contributed by atoms with van der Waals surface area (Å²) >= 11 is 0. The van der Waals surface area contributed by atoms with E-state index < -0.39 is 17.5 Å². The maximum atomic E-state index is 13.3. The molecule has 0 bridgehead atoms. The van der Waals surface area contributed by atoms with E-state index in [1.807, 2.05) is 6.07 Å². The van der Waals surface area contributed by atoms with Crippen LogP contribution >= 0.6 is 0 Å². The fourth-order valence-corrected chi connectivity index (χ4v) is 2.53. The number of rotatable bonds is 4. The molecule has 1 saturated carbocycles. The third kappa shape index (κ3) is 3.10. The molecule has 0 unspecified atom stereocenters. The summed E-state index contributed by atoms with van der Waals surface area (Å²) in [5.74, 6) is -1.96. The molecule has 3 aromatic rings. The normalized spacial score (nSPS) is 13.7. The number of amides is 1. The van der Waals surface area contributed by atoms with E-state index >= 15 is 0 Å². The number of carbonyl (C=O) groups excluding carboxylic acids is 1. The number of hydrogen-bond acceptors (Lipinski definition) is 4. The fourth-order valence-electron chi connectivity index (χ4n) is 2.53. The van der Waals surface area contributed by atoms with Crippen molar-refractivity contribution in [3.8, 4) is 11.4 Å². The zero-order valence-corrected chi connectivity index (χ0v) is 13.0. The minimum absolute atomic E-state index is 0.0344. The Hall–Kier alpha value is -3.16. The predicted molar refractivity (Wildman–Crippen MR) is 85.8 cm³/mol. The summed E-state index contributed by atoms with van der Waals surface area (Å²) in [7, 11) is 0. The van der Waals surface area contributed by atoms with E-state index in [1.54, 1.807) is 22.9 Å². The van der Waals surface area contributed by atoms with Gasteiger partial charge in [0.25, 0.3) is 5.91 Å². The molecule has 0 atom stereocenters. The van der Waals surface area contributed by atoms with Crippen LogP contribution in [0.4, 0.5) is 14.5 Å². The van der Waals surface area contributed by atoms with E-state index in [9.17, 15) is 13.6 Å². The van der Waals surface area contributed by atoms with E-state index in [4.69, 9.17) is 0 Å². The third-order valence-corrected chi connectivity index (χ3v) is 3.95. The summed E-state index contributed by atoms with van der Waals surface area (Å²) in [5, 5.41) is 14.4. The lowest BCUT2D eigenvalue weighted by molar-refractivity contribution is 0.102. The standard InChI is InChI=1S/C17H13F2N5O/c18-14-7-4-11(9-15(14)19)17(25)20-12-3-1-2-10(8-12)16-21-22-23-24(16)13-5-6-13/h1-4,7-9,13H,5-6H2,(H,20,25). The molecule has 0 saturated heterocycles. The quantitative estimate of drug-likeness (QED) is 0.791. The molecule has 2 aromatic carbocycles. The highest BCUT2D eigenvalue weighted by molar-refractivity contribution is 6.04. The van der Waals surface area contributed by atoms with E-state index in [2.05, 4.69) is 20.8 Å². The first-order valence-electron chi connectivity index (χ1n) is 7.76. The maximum Gasteiger partial charge on any atom is 0.255 e. The molecule has 1 aliphatic carbocycles. The molecule has 0 aliphatic heterocycles. The smallest absolute Gasteiger partial charge is 0.255 e. The Bertz CT molecular complexity index is 952. The molecule has 126 valence electrons. The van der Waals surface area contributed by atoms with Crippen molar-refractivity contribution < 1.29 is 13.6 Å². The van der Waals surface area contributed by atoms with Crippen LogP contribution in [-0.4, -0.2) is 26.1 Å². The molecule has 1 fully saturated rings. The highest BCUT2D eigenvalue weighted by Gasteiger charge is 2.28. The van der Waals surface area contributed by atoms with Crippen LogP contribution in [0.2, 0.25) is 0 Å². The Labute approximate surface area is 141 Å². The number of aromatic nitrogens is 4. The highest BCUT2D eigenvalue weighted by atomic mass is 19.2. The first-order valence-corrected chi connectivity index (χ1v) is 7.76. The summed E-state index contributed by atoms with van der Waals surface area (Å²) in [6, 6.07) is 10.4. The van der Waals surface area contributed by atoms with Gasteiger partial charge in [0.05, 0.1) is 6.04 Å². The summed E-state index contributed by atoms with van der Waals surface area (Å²) in [6.07, 6.45) is 2.09. The molecule has 0 spiro atoms. The minimum atomic E-state index is -1.06. The number of anilines is 1. The number of nitrogens with zero attached hydrogens (tertiary/aromatic N) is 4. The van der Waals surface area contributed by atoms with E-state index in [0.29, 0.717) is 17.6 Å². The molecule has 1 amide bonds. The first kappa shape index (κ1) is 15.4. The molecule has 1 heterocycles. The van der Waals surface area contributed by atoms with Gasteiger partial charge in [-0.25, -0.2) is 13.5 Å². The van der Waals surface area contributed by atoms with Crippen molar-refractivity contribution in [2.75, 3.05) is 5.32 Å². The van der Waals surface area contributed by atoms with Gasteiger partial charge in [-0.15, -0.1) is 5.10 Å². The van der Waals surface area contributed by atoms with Gasteiger partial charge in [-0.2, -0.15) is 0 Å².